The fourth-order valence-corrected chi connectivity index (χ4v) is 4.53. The standard InChI is InChI=1S/C24H23N5O5/c1-15(2)13-28-22(31)17-7-3-4-8-18(17)29-20(30)9-10-24(28,29)23(32)33-14-19-26-21(27-34-19)16-6-5-11-25-12-16/h3-8,11-12,15H,9-10,13-14H2,1-2H3. The lowest BCUT2D eigenvalue weighted by atomic mass is 9.95. The molecule has 1 saturated heterocycles. The Kier molecular flexibility index (Phi) is 5.35. The molecule has 34 heavy (non-hydrogen) atoms. The number of ether oxygens (including phenoxy) is 1. The van der Waals surface area contributed by atoms with Crippen molar-refractivity contribution >= 4 is 23.5 Å². The summed E-state index contributed by atoms with van der Waals surface area (Å²) in [6, 6.07) is 10.4. The first-order valence-corrected chi connectivity index (χ1v) is 11.1. The lowest BCUT2D eigenvalue weighted by molar-refractivity contribution is -0.159. The summed E-state index contributed by atoms with van der Waals surface area (Å²) in [5.74, 6) is -0.765. The van der Waals surface area contributed by atoms with Crippen LogP contribution in [0.25, 0.3) is 11.4 Å². The predicted octanol–water partition coefficient (Wildman–Crippen LogP) is 2.81. The zero-order valence-electron chi connectivity index (χ0n) is 18.8. The van der Waals surface area contributed by atoms with Gasteiger partial charge in [0.05, 0.1) is 11.3 Å². The van der Waals surface area contributed by atoms with E-state index >= 15 is 0 Å². The Bertz CT molecular complexity index is 1260. The third-order valence-corrected chi connectivity index (χ3v) is 5.96. The van der Waals surface area contributed by atoms with E-state index in [-0.39, 0.29) is 49.6 Å². The van der Waals surface area contributed by atoms with Crippen molar-refractivity contribution in [3.05, 3.63) is 60.2 Å². The molecule has 0 N–H and O–H groups in total. The van der Waals surface area contributed by atoms with Crippen molar-refractivity contribution in [3.63, 3.8) is 0 Å². The number of carbonyl (C=O) groups is 3. The maximum Gasteiger partial charge on any atom is 0.354 e. The van der Waals surface area contributed by atoms with Crippen molar-refractivity contribution in [3.8, 4) is 11.4 Å². The molecule has 1 atom stereocenters. The van der Waals surface area contributed by atoms with Crippen LogP contribution in [0.5, 0.6) is 0 Å². The molecule has 0 saturated carbocycles. The Morgan fingerprint density at radius 1 is 1.21 bits per heavy atom. The lowest BCUT2D eigenvalue weighted by Crippen LogP contribution is -2.69. The largest absolute Gasteiger partial charge is 0.452 e. The Hall–Kier alpha value is -4.08. The van der Waals surface area contributed by atoms with Gasteiger partial charge in [0.15, 0.2) is 6.61 Å². The number of carbonyl (C=O) groups excluding carboxylic acids is 3. The van der Waals surface area contributed by atoms with Crippen molar-refractivity contribution in [2.45, 2.75) is 39.0 Å². The highest BCUT2D eigenvalue weighted by atomic mass is 16.6. The summed E-state index contributed by atoms with van der Waals surface area (Å²) in [4.78, 5) is 51.3. The van der Waals surface area contributed by atoms with Gasteiger partial charge in [0, 0.05) is 37.3 Å². The normalized spacial score (nSPS) is 19.4. The third-order valence-electron chi connectivity index (χ3n) is 5.96. The maximum absolute atomic E-state index is 13.6. The summed E-state index contributed by atoms with van der Waals surface area (Å²) in [7, 11) is 0. The Balaban J connectivity index is 1.46. The monoisotopic (exact) mass is 461 g/mol. The second-order valence-corrected chi connectivity index (χ2v) is 8.70. The molecule has 10 nitrogen and oxygen atoms in total. The van der Waals surface area contributed by atoms with E-state index in [4.69, 9.17) is 9.26 Å². The fraction of sp³-hybridized carbons (Fsp3) is 0.333. The number of para-hydroxylation sites is 1. The van der Waals surface area contributed by atoms with Crippen LogP contribution in [0, 0.1) is 5.92 Å². The molecule has 0 bridgehead atoms. The SMILES string of the molecule is CC(C)CN1C(=O)c2ccccc2N2C(=O)CCC12C(=O)OCc1nc(-c2cccnc2)no1. The van der Waals surface area contributed by atoms with Gasteiger partial charge in [0.25, 0.3) is 11.8 Å². The van der Waals surface area contributed by atoms with E-state index in [2.05, 4.69) is 15.1 Å². The maximum atomic E-state index is 13.6. The molecule has 4 heterocycles. The highest BCUT2D eigenvalue weighted by Crippen LogP contribution is 2.45. The molecule has 0 aliphatic carbocycles. The molecule has 0 spiro atoms. The summed E-state index contributed by atoms with van der Waals surface area (Å²) < 4.78 is 10.8. The van der Waals surface area contributed by atoms with Crippen molar-refractivity contribution in [2.75, 3.05) is 11.4 Å². The van der Waals surface area contributed by atoms with Crippen LogP contribution < -0.4 is 4.90 Å². The first kappa shape index (κ1) is 21.7. The van der Waals surface area contributed by atoms with Gasteiger partial charge in [-0.05, 0) is 30.2 Å². The smallest absolute Gasteiger partial charge is 0.354 e. The molecule has 1 aromatic carbocycles. The van der Waals surface area contributed by atoms with Gasteiger partial charge in [0.1, 0.15) is 0 Å². The van der Waals surface area contributed by atoms with Gasteiger partial charge in [-0.15, -0.1) is 0 Å². The van der Waals surface area contributed by atoms with E-state index in [1.54, 1.807) is 48.8 Å². The second-order valence-electron chi connectivity index (χ2n) is 8.70. The van der Waals surface area contributed by atoms with Gasteiger partial charge in [0.2, 0.25) is 17.4 Å². The fourth-order valence-electron chi connectivity index (χ4n) is 4.53. The van der Waals surface area contributed by atoms with Gasteiger partial charge in [-0.3, -0.25) is 19.5 Å². The Morgan fingerprint density at radius 3 is 2.79 bits per heavy atom. The summed E-state index contributed by atoms with van der Waals surface area (Å²) >= 11 is 0. The number of hydrogen-bond donors (Lipinski definition) is 0. The molecule has 2 aliphatic heterocycles. The molecule has 2 aromatic heterocycles. The number of rotatable bonds is 6. The number of benzene rings is 1. The summed E-state index contributed by atoms with van der Waals surface area (Å²) in [5.41, 5.74) is -0.0880. The van der Waals surface area contributed by atoms with Crippen molar-refractivity contribution in [2.24, 2.45) is 5.92 Å². The Labute approximate surface area is 195 Å². The highest BCUT2D eigenvalue weighted by Gasteiger charge is 2.62. The topological polar surface area (TPSA) is 119 Å². The average Bonchev–Trinajstić information content (AvgIpc) is 3.46. The first-order chi connectivity index (χ1) is 16.4. The predicted molar refractivity (Wildman–Crippen MR) is 119 cm³/mol. The Morgan fingerprint density at radius 2 is 2.03 bits per heavy atom. The van der Waals surface area contributed by atoms with E-state index in [0.717, 1.165) is 0 Å². The molecular formula is C24H23N5O5. The van der Waals surface area contributed by atoms with Crippen LogP contribution in [0.1, 0.15) is 42.9 Å². The van der Waals surface area contributed by atoms with Crippen LogP contribution in [0.4, 0.5) is 5.69 Å². The second kappa shape index (κ2) is 8.36. The van der Waals surface area contributed by atoms with Crippen LogP contribution in [0.15, 0.2) is 53.3 Å². The minimum atomic E-state index is -1.56. The van der Waals surface area contributed by atoms with E-state index in [1.165, 1.54) is 9.80 Å². The van der Waals surface area contributed by atoms with Gasteiger partial charge in [-0.1, -0.05) is 31.1 Å². The van der Waals surface area contributed by atoms with Gasteiger partial charge in [-0.2, -0.15) is 4.98 Å². The number of esters is 1. The minimum absolute atomic E-state index is 0.0643. The average molecular weight is 461 g/mol. The number of hydrogen-bond acceptors (Lipinski definition) is 8. The van der Waals surface area contributed by atoms with Crippen LogP contribution in [-0.4, -0.2) is 50.0 Å². The van der Waals surface area contributed by atoms with E-state index in [0.29, 0.717) is 22.6 Å². The van der Waals surface area contributed by atoms with Gasteiger partial charge < -0.3 is 14.2 Å². The number of nitrogens with zero attached hydrogens (tertiary/aromatic N) is 5. The molecular weight excluding hydrogens is 438 g/mol. The van der Waals surface area contributed by atoms with Gasteiger partial charge >= 0.3 is 5.97 Å². The minimum Gasteiger partial charge on any atom is -0.452 e. The first-order valence-electron chi connectivity index (χ1n) is 11.1. The highest BCUT2D eigenvalue weighted by molar-refractivity contribution is 6.15. The molecule has 0 radical (unpaired) electrons. The zero-order valence-corrected chi connectivity index (χ0v) is 18.8. The third kappa shape index (κ3) is 3.42. The van der Waals surface area contributed by atoms with E-state index in [1.807, 2.05) is 13.8 Å². The van der Waals surface area contributed by atoms with Crippen LogP contribution in [0.2, 0.25) is 0 Å². The molecule has 1 fully saturated rings. The van der Waals surface area contributed by atoms with Crippen LogP contribution in [-0.2, 0) is 20.9 Å². The molecule has 174 valence electrons. The number of amides is 2. The number of anilines is 1. The lowest BCUT2D eigenvalue weighted by Gasteiger charge is -2.48. The molecule has 2 amide bonds. The van der Waals surface area contributed by atoms with Crippen LogP contribution in [0.3, 0.4) is 0 Å². The van der Waals surface area contributed by atoms with E-state index in [9.17, 15) is 14.4 Å². The molecule has 3 aromatic rings. The zero-order chi connectivity index (χ0) is 23.9. The van der Waals surface area contributed by atoms with Crippen LogP contribution >= 0.6 is 0 Å². The van der Waals surface area contributed by atoms with Crippen molar-refractivity contribution in [1.29, 1.82) is 0 Å². The van der Waals surface area contributed by atoms with Crippen molar-refractivity contribution < 1.29 is 23.6 Å². The van der Waals surface area contributed by atoms with Gasteiger partial charge in [-0.25, -0.2) is 4.79 Å². The van der Waals surface area contributed by atoms with E-state index < -0.39 is 11.6 Å². The molecule has 1 unspecified atom stereocenters. The quantitative estimate of drug-likeness (QED) is 0.514. The molecule has 2 aliphatic rings. The summed E-state index contributed by atoms with van der Waals surface area (Å²) in [5, 5.41) is 3.90. The molecule has 5 rings (SSSR count). The number of pyridine rings is 1. The van der Waals surface area contributed by atoms with Crippen molar-refractivity contribution in [1.82, 2.24) is 20.0 Å². The number of fused-ring (bicyclic) bond motifs is 3. The summed E-state index contributed by atoms with van der Waals surface area (Å²) in [6.45, 7) is 3.90. The molecule has 10 heteroatoms. The summed E-state index contributed by atoms with van der Waals surface area (Å²) in [6.07, 6.45) is 3.49. The number of aromatic nitrogens is 3.